The number of carbonyl (C=O) groups excluding carboxylic acids is 1. The van der Waals surface area contributed by atoms with E-state index in [-0.39, 0.29) is 5.91 Å². The quantitative estimate of drug-likeness (QED) is 0.762. The van der Waals surface area contributed by atoms with Crippen molar-refractivity contribution in [3.05, 3.63) is 54.4 Å². The zero-order valence-electron chi connectivity index (χ0n) is 10.8. The minimum Gasteiger partial charge on any atom is -0.324 e. The lowest BCUT2D eigenvalue weighted by molar-refractivity contribution is -0.116. The Morgan fingerprint density at radius 3 is 2.75 bits per heavy atom. The van der Waals surface area contributed by atoms with E-state index in [1.165, 1.54) is 0 Å². The molecule has 100 valence electrons. The van der Waals surface area contributed by atoms with Gasteiger partial charge in [0.25, 0.3) is 0 Å². The SMILES string of the molecule is O=C(CCc1ccncc1)Nc1nc2ccccc2[nH]1. The second-order valence-electron chi connectivity index (χ2n) is 4.51. The highest BCUT2D eigenvalue weighted by atomic mass is 16.1. The molecule has 0 aliphatic rings. The smallest absolute Gasteiger partial charge is 0.227 e. The normalized spacial score (nSPS) is 10.6. The van der Waals surface area contributed by atoms with Crippen molar-refractivity contribution in [3.8, 4) is 0 Å². The van der Waals surface area contributed by atoms with Gasteiger partial charge in [0.2, 0.25) is 11.9 Å². The fourth-order valence-corrected chi connectivity index (χ4v) is 2.01. The molecule has 0 saturated carbocycles. The molecule has 0 unspecified atom stereocenters. The lowest BCUT2D eigenvalue weighted by Crippen LogP contribution is -2.13. The van der Waals surface area contributed by atoms with E-state index in [9.17, 15) is 4.79 Å². The van der Waals surface area contributed by atoms with Crippen LogP contribution in [0, 0.1) is 0 Å². The van der Waals surface area contributed by atoms with Crippen LogP contribution >= 0.6 is 0 Å². The Kier molecular flexibility index (Phi) is 3.41. The zero-order chi connectivity index (χ0) is 13.8. The molecule has 1 amide bonds. The topological polar surface area (TPSA) is 70.7 Å². The predicted octanol–water partition coefficient (Wildman–Crippen LogP) is 2.53. The number of aromatic nitrogens is 3. The number of pyridine rings is 1. The van der Waals surface area contributed by atoms with Crippen molar-refractivity contribution in [2.24, 2.45) is 0 Å². The fraction of sp³-hybridized carbons (Fsp3) is 0.133. The minimum atomic E-state index is -0.0548. The van der Waals surface area contributed by atoms with Crippen molar-refractivity contribution in [1.29, 1.82) is 0 Å². The van der Waals surface area contributed by atoms with Crippen LogP contribution in [0.15, 0.2) is 48.8 Å². The standard InChI is InChI=1S/C15H14N4O/c20-14(6-5-11-7-9-16-10-8-11)19-15-17-12-3-1-2-4-13(12)18-15/h1-4,7-10H,5-6H2,(H2,17,18,19,20). The number of imidazole rings is 1. The predicted molar refractivity (Wildman–Crippen MR) is 77.3 cm³/mol. The van der Waals surface area contributed by atoms with Crippen LogP contribution in [0.25, 0.3) is 11.0 Å². The molecule has 5 nitrogen and oxygen atoms in total. The summed E-state index contributed by atoms with van der Waals surface area (Å²) in [5, 5.41) is 2.78. The number of hydrogen-bond acceptors (Lipinski definition) is 3. The van der Waals surface area contributed by atoms with Gasteiger partial charge >= 0.3 is 0 Å². The van der Waals surface area contributed by atoms with Gasteiger partial charge in [-0.2, -0.15) is 0 Å². The van der Waals surface area contributed by atoms with Gasteiger partial charge in [-0.1, -0.05) is 12.1 Å². The maximum Gasteiger partial charge on any atom is 0.227 e. The number of nitrogens with zero attached hydrogens (tertiary/aromatic N) is 2. The molecule has 0 spiro atoms. The van der Waals surface area contributed by atoms with Crippen LogP contribution in [-0.2, 0) is 11.2 Å². The van der Waals surface area contributed by atoms with Crippen molar-refractivity contribution in [1.82, 2.24) is 15.0 Å². The Morgan fingerprint density at radius 1 is 1.15 bits per heavy atom. The Hall–Kier alpha value is -2.69. The second kappa shape index (κ2) is 5.52. The number of rotatable bonds is 4. The van der Waals surface area contributed by atoms with Crippen LogP contribution in [0.2, 0.25) is 0 Å². The Labute approximate surface area is 116 Å². The lowest BCUT2D eigenvalue weighted by Gasteiger charge is -2.01. The number of benzene rings is 1. The molecule has 2 heterocycles. The first-order chi connectivity index (χ1) is 9.81. The van der Waals surface area contributed by atoms with E-state index >= 15 is 0 Å². The summed E-state index contributed by atoms with van der Waals surface area (Å²) in [6.45, 7) is 0. The largest absolute Gasteiger partial charge is 0.324 e. The molecule has 2 N–H and O–H groups in total. The monoisotopic (exact) mass is 266 g/mol. The minimum absolute atomic E-state index is 0.0548. The van der Waals surface area contributed by atoms with Gasteiger partial charge in [-0.05, 0) is 36.2 Å². The molecule has 0 atom stereocenters. The van der Waals surface area contributed by atoms with Crippen LogP contribution in [0.5, 0.6) is 0 Å². The second-order valence-corrected chi connectivity index (χ2v) is 4.51. The molecule has 0 aliphatic heterocycles. The third kappa shape index (κ3) is 2.83. The van der Waals surface area contributed by atoms with Crippen molar-refractivity contribution in [2.75, 3.05) is 5.32 Å². The maximum atomic E-state index is 11.9. The molecule has 20 heavy (non-hydrogen) atoms. The number of H-pyrrole nitrogens is 1. The van der Waals surface area contributed by atoms with Gasteiger partial charge in [0.1, 0.15) is 0 Å². The summed E-state index contributed by atoms with van der Waals surface area (Å²) in [6, 6.07) is 11.5. The van der Waals surface area contributed by atoms with Gasteiger partial charge in [0.15, 0.2) is 0 Å². The number of para-hydroxylation sites is 2. The van der Waals surface area contributed by atoms with Crippen LogP contribution in [-0.4, -0.2) is 20.9 Å². The van der Waals surface area contributed by atoms with E-state index in [1.54, 1.807) is 12.4 Å². The van der Waals surface area contributed by atoms with Gasteiger partial charge in [-0.25, -0.2) is 4.98 Å². The van der Waals surface area contributed by atoms with Crippen molar-refractivity contribution < 1.29 is 4.79 Å². The average molecular weight is 266 g/mol. The van der Waals surface area contributed by atoms with Crippen LogP contribution in [0.1, 0.15) is 12.0 Å². The third-order valence-corrected chi connectivity index (χ3v) is 3.04. The highest BCUT2D eigenvalue weighted by molar-refractivity contribution is 5.91. The van der Waals surface area contributed by atoms with Crippen LogP contribution < -0.4 is 5.32 Å². The summed E-state index contributed by atoms with van der Waals surface area (Å²) in [5.74, 6) is 0.437. The molecule has 5 heteroatoms. The summed E-state index contributed by atoms with van der Waals surface area (Å²) in [7, 11) is 0. The first-order valence-corrected chi connectivity index (χ1v) is 6.45. The Bertz CT molecular complexity index is 688. The average Bonchev–Trinajstić information content (AvgIpc) is 2.88. The highest BCUT2D eigenvalue weighted by Crippen LogP contribution is 2.13. The summed E-state index contributed by atoms with van der Waals surface area (Å²) in [4.78, 5) is 23.2. The van der Waals surface area contributed by atoms with Crippen molar-refractivity contribution in [2.45, 2.75) is 12.8 Å². The summed E-state index contributed by atoms with van der Waals surface area (Å²) in [6.07, 6.45) is 4.56. The van der Waals surface area contributed by atoms with Gasteiger partial charge in [0.05, 0.1) is 11.0 Å². The van der Waals surface area contributed by atoms with Crippen LogP contribution in [0.3, 0.4) is 0 Å². The number of carbonyl (C=O) groups is 1. The number of aryl methyl sites for hydroxylation is 1. The maximum absolute atomic E-state index is 11.9. The zero-order valence-corrected chi connectivity index (χ0v) is 10.8. The van der Waals surface area contributed by atoms with Crippen LogP contribution in [0.4, 0.5) is 5.95 Å². The van der Waals surface area contributed by atoms with E-state index in [4.69, 9.17) is 0 Å². The van der Waals surface area contributed by atoms with Gasteiger partial charge in [0, 0.05) is 18.8 Å². The molecule has 0 radical (unpaired) electrons. The summed E-state index contributed by atoms with van der Waals surface area (Å²) in [5.41, 5.74) is 2.86. The van der Waals surface area contributed by atoms with Gasteiger partial charge < -0.3 is 4.98 Å². The van der Waals surface area contributed by atoms with E-state index < -0.39 is 0 Å². The molecule has 1 aromatic carbocycles. The fourth-order valence-electron chi connectivity index (χ4n) is 2.01. The van der Waals surface area contributed by atoms with E-state index in [2.05, 4.69) is 20.3 Å². The van der Waals surface area contributed by atoms with E-state index in [0.29, 0.717) is 18.8 Å². The van der Waals surface area contributed by atoms with E-state index in [1.807, 2.05) is 36.4 Å². The molecule has 3 rings (SSSR count). The third-order valence-electron chi connectivity index (χ3n) is 3.04. The first kappa shape index (κ1) is 12.3. The molecule has 0 bridgehead atoms. The number of anilines is 1. The molecule has 2 aromatic heterocycles. The van der Waals surface area contributed by atoms with Gasteiger partial charge in [-0.3, -0.25) is 15.1 Å². The number of hydrogen-bond donors (Lipinski definition) is 2. The number of amides is 1. The highest BCUT2D eigenvalue weighted by Gasteiger charge is 2.06. The molecular weight excluding hydrogens is 252 g/mol. The Morgan fingerprint density at radius 2 is 1.95 bits per heavy atom. The number of fused-ring (bicyclic) bond motifs is 1. The first-order valence-electron chi connectivity index (χ1n) is 6.45. The van der Waals surface area contributed by atoms with Gasteiger partial charge in [-0.15, -0.1) is 0 Å². The molecule has 0 aliphatic carbocycles. The molecule has 3 aromatic rings. The molecule has 0 saturated heterocycles. The summed E-state index contributed by atoms with van der Waals surface area (Å²) < 4.78 is 0. The van der Waals surface area contributed by atoms with E-state index in [0.717, 1.165) is 16.6 Å². The molecule has 0 fully saturated rings. The number of aromatic amines is 1. The number of nitrogens with one attached hydrogen (secondary N) is 2. The lowest BCUT2D eigenvalue weighted by atomic mass is 10.1. The Balaban J connectivity index is 1.61. The van der Waals surface area contributed by atoms with Crippen molar-refractivity contribution in [3.63, 3.8) is 0 Å². The molecular formula is C15H14N4O. The summed E-state index contributed by atoms with van der Waals surface area (Å²) >= 11 is 0. The van der Waals surface area contributed by atoms with Crippen molar-refractivity contribution >= 4 is 22.9 Å².